The summed E-state index contributed by atoms with van der Waals surface area (Å²) in [5, 5.41) is 0.923. The lowest BCUT2D eigenvalue weighted by Crippen LogP contribution is -2.58. The van der Waals surface area contributed by atoms with Crippen LogP contribution in [0.2, 0.25) is 5.28 Å². The van der Waals surface area contributed by atoms with Gasteiger partial charge in [0.05, 0.1) is 12.6 Å². The maximum Gasteiger partial charge on any atom is 0.410 e. The fraction of sp³-hybridized carbons (Fsp3) is 0.611. The monoisotopic (exact) mass is 382 g/mol. The Kier molecular flexibility index (Phi) is 4.63. The van der Waals surface area contributed by atoms with Gasteiger partial charge in [-0.3, -0.25) is 0 Å². The van der Waals surface area contributed by atoms with Crippen LogP contribution in [0.25, 0.3) is 11.0 Å². The molecule has 142 valence electrons. The van der Waals surface area contributed by atoms with E-state index in [1.54, 1.807) is 37.7 Å². The third kappa shape index (κ3) is 3.63. The van der Waals surface area contributed by atoms with E-state index in [9.17, 15) is 4.79 Å². The van der Waals surface area contributed by atoms with E-state index in [1.165, 1.54) is 4.90 Å². The molecule has 2 aromatic rings. The van der Waals surface area contributed by atoms with Crippen molar-refractivity contribution >= 4 is 28.7 Å². The van der Waals surface area contributed by atoms with E-state index in [4.69, 9.17) is 16.3 Å². The Morgan fingerprint density at radius 2 is 2.12 bits per heavy atom. The zero-order valence-electron chi connectivity index (χ0n) is 15.7. The molecule has 3 rings (SSSR count). The summed E-state index contributed by atoms with van der Waals surface area (Å²) in [6.07, 6.45) is 2.10. The lowest BCUT2D eigenvalue weighted by molar-refractivity contribution is -0.0332. The number of likely N-dealkylation sites (tertiary alicyclic amines) is 1. The van der Waals surface area contributed by atoms with Crippen molar-refractivity contribution in [2.24, 2.45) is 0 Å². The summed E-state index contributed by atoms with van der Waals surface area (Å²) < 4.78 is 22.3. The highest BCUT2D eigenvalue weighted by atomic mass is 35.5. The van der Waals surface area contributed by atoms with Gasteiger partial charge in [0.2, 0.25) is 5.28 Å². The van der Waals surface area contributed by atoms with E-state index in [0.717, 1.165) is 5.39 Å². The Balaban J connectivity index is 1.89. The number of hydrogen-bond donors (Lipinski definition) is 0. The Morgan fingerprint density at radius 1 is 1.42 bits per heavy atom. The fourth-order valence-electron chi connectivity index (χ4n) is 3.39. The van der Waals surface area contributed by atoms with Crippen LogP contribution >= 0.6 is 11.6 Å². The Morgan fingerprint density at radius 3 is 2.77 bits per heavy atom. The van der Waals surface area contributed by atoms with Gasteiger partial charge >= 0.3 is 6.09 Å². The number of carbonyl (C=O) groups is 1. The largest absolute Gasteiger partial charge is 0.444 e. The smallest absolute Gasteiger partial charge is 0.410 e. The molecule has 2 aromatic heterocycles. The molecule has 0 aromatic carbocycles. The molecule has 0 unspecified atom stereocenters. The molecular formula is C18H24ClFN4O2. The maximum absolute atomic E-state index is 15.1. The average molecular weight is 383 g/mol. The summed E-state index contributed by atoms with van der Waals surface area (Å²) in [4.78, 5) is 22.2. The predicted molar refractivity (Wildman–Crippen MR) is 98.1 cm³/mol. The summed E-state index contributed by atoms with van der Waals surface area (Å²) >= 11 is 5.91. The zero-order chi connectivity index (χ0) is 19.3. The summed E-state index contributed by atoms with van der Waals surface area (Å²) in [6, 6.07) is 1.39. The van der Waals surface area contributed by atoms with Crippen LogP contribution < -0.4 is 0 Å². The van der Waals surface area contributed by atoms with Crippen LogP contribution in [-0.2, 0) is 4.74 Å². The molecule has 1 aliphatic heterocycles. The van der Waals surface area contributed by atoms with Gasteiger partial charge in [-0.2, -0.15) is 4.98 Å². The number of ether oxygens (including phenoxy) is 1. The molecule has 0 N–H and O–H groups in total. The topological polar surface area (TPSA) is 60.2 Å². The van der Waals surface area contributed by atoms with Crippen molar-refractivity contribution in [2.75, 3.05) is 6.54 Å². The van der Waals surface area contributed by atoms with Crippen LogP contribution in [0, 0.1) is 0 Å². The van der Waals surface area contributed by atoms with Gasteiger partial charge in [-0.15, -0.1) is 0 Å². The van der Waals surface area contributed by atoms with Crippen LogP contribution in [0.15, 0.2) is 18.5 Å². The van der Waals surface area contributed by atoms with Gasteiger partial charge in [-0.1, -0.05) is 0 Å². The highest BCUT2D eigenvalue weighted by Crippen LogP contribution is 2.38. The first kappa shape index (κ1) is 18.9. The lowest BCUT2D eigenvalue weighted by atomic mass is 9.86. The molecule has 1 fully saturated rings. The van der Waals surface area contributed by atoms with Crippen molar-refractivity contribution in [1.29, 1.82) is 0 Å². The van der Waals surface area contributed by atoms with Crippen molar-refractivity contribution in [1.82, 2.24) is 19.4 Å². The predicted octanol–water partition coefficient (Wildman–Crippen LogP) is 4.38. The van der Waals surface area contributed by atoms with Crippen molar-refractivity contribution < 1.29 is 13.9 Å². The number of piperidine rings is 1. The molecule has 1 aliphatic rings. The number of halogens is 2. The van der Waals surface area contributed by atoms with E-state index in [-0.39, 0.29) is 11.8 Å². The molecule has 0 spiro atoms. The van der Waals surface area contributed by atoms with E-state index in [2.05, 4.69) is 9.97 Å². The SMILES string of the molecule is CC(C)(C)OC(=O)N1C[C@H](F)[C@H](n2ccc3cnc(Cl)nc32)CC1(C)C. The number of fused-ring (bicyclic) bond motifs is 1. The number of alkyl halides is 1. The van der Waals surface area contributed by atoms with Crippen LogP contribution in [0.5, 0.6) is 0 Å². The molecule has 0 radical (unpaired) electrons. The van der Waals surface area contributed by atoms with Gasteiger partial charge in [0.15, 0.2) is 0 Å². The van der Waals surface area contributed by atoms with Crippen molar-refractivity contribution in [3.63, 3.8) is 0 Å². The lowest BCUT2D eigenvalue weighted by Gasteiger charge is -2.47. The first-order chi connectivity index (χ1) is 12.0. The Bertz CT molecular complexity index is 830. The van der Waals surface area contributed by atoms with Gasteiger partial charge in [0.25, 0.3) is 0 Å². The quantitative estimate of drug-likeness (QED) is 0.686. The summed E-state index contributed by atoms with van der Waals surface area (Å²) in [5.74, 6) is 0. The third-order valence-electron chi connectivity index (χ3n) is 4.61. The molecular weight excluding hydrogens is 359 g/mol. The third-order valence-corrected chi connectivity index (χ3v) is 4.79. The van der Waals surface area contributed by atoms with Crippen LogP contribution in [0.1, 0.15) is 47.1 Å². The van der Waals surface area contributed by atoms with Gasteiger partial charge in [-0.05, 0) is 58.7 Å². The zero-order valence-corrected chi connectivity index (χ0v) is 16.4. The minimum absolute atomic E-state index is 0.0366. The second kappa shape index (κ2) is 6.37. The van der Waals surface area contributed by atoms with E-state index < -0.39 is 29.4 Å². The number of hydrogen-bond acceptors (Lipinski definition) is 4. The molecule has 0 aliphatic carbocycles. The molecule has 1 saturated heterocycles. The number of amides is 1. The molecule has 0 bridgehead atoms. The minimum atomic E-state index is -1.25. The molecule has 8 heteroatoms. The number of nitrogens with zero attached hydrogens (tertiary/aromatic N) is 4. The second-order valence-corrected chi connectivity index (χ2v) is 8.67. The standard InChI is InChI=1S/C18H24ClFN4O2/c1-17(2,3)26-16(25)24-10-12(20)13(8-18(24,4)5)23-7-6-11-9-21-15(19)22-14(11)23/h6-7,9,12-13H,8,10H2,1-5H3/t12-,13+/m0/s1. The van der Waals surface area contributed by atoms with Crippen LogP contribution in [-0.4, -0.2) is 49.4 Å². The number of aromatic nitrogens is 3. The van der Waals surface area contributed by atoms with E-state index >= 15 is 4.39 Å². The Hall–Kier alpha value is -1.89. The summed E-state index contributed by atoms with van der Waals surface area (Å²) in [5.41, 5.74) is -0.595. The molecule has 0 saturated carbocycles. The molecule has 26 heavy (non-hydrogen) atoms. The summed E-state index contributed by atoms with van der Waals surface area (Å²) in [7, 11) is 0. The molecule has 3 heterocycles. The first-order valence-corrected chi connectivity index (χ1v) is 8.99. The van der Waals surface area contributed by atoms with Gasteiger partial charge in [0.1, 0.15) is 17.4 Å². The van der Waals surface area contributed by atoms with Gasteiger partial charge in [-0.25, -0.2) is 14.2 Å². The Labute approximate surface area is 157 Å². The van der Waals surface area contributed by atoms with Gasteiger partial charge in [0, 0.05) is 23.3 Å². The maximum atomic E-state index is 15.1. The highest BCUT2D eigenvalue weighted by Gasteiger charge is 2.45. The molecule has 6 nitrogen and oxygen atoms in total. The number of carbonyl (C=O) groups excluding carboxylic acids is 1. The number of rotatable bonds is 1. The van der Waals surface area contributed by atoms with Crippen molar-refractivity contribution in [2.45, 2.75) is 64.4 Å². The van der Waals surface area contributed by atoms with Crippen molar-refractivity contribution in [3.05, 3.63) is 23.7 Å². The minimum Gasteiger partial charge on any atom is -0.444 e. The first-order valence-electron chi connectivity index (χ1n) is 8.62. The average Bonchev–Trinajstić information content (AvgIpc) is 2.90. The fourth-order valence-corrected chi connectivity index (χ4v) is 3.52. The van der Waals surface area contributed by atoms with E-state index in [1.807, 2.05) is 19.9 Å². The van der Waals surface area contributed by atoms with Crippen molar-refractivity contribution in [3.8, 4) is 0 Å². The molecule has 2 atom stereocenters. The normalized spacial score (nSPS) is 23.3. The van der Waals surface area contributed by atoms with Crippen LogP contribution in [0.4, 0.5) is 9.18 Å². The molecule has 1 amide bonds. The van der Waals surface area contributed by atoms with E-state index in [0.29, 0.717) is 12.1 Å². The highest BCUT2D eigenvalue weighted by molar-refractivity contribution is 6.28. The summed E-state index contributed by atoms with van der Waals surface area (Å²) in [6.45, 7) is 9.20. The second-order valence-electron chi connectivity index (χ2n) is 8.33. The van der Waals surface area contributed by atoms with Gasteiger partial charge < -0.3 is 14.2 Å². The van der Waals surface area contributed by atoms with Crippen LogP contribution in [0.3, 0.4) is 0 Å².